The van der Waals surface area contributed by atoms with Crippen molar-refractivity contribution in [2.24, 2.45) is 0 Å². The maximum Gasteiger partial charge on any atom is 0.408 e. The molecule has 4 aromatic rings. The molecule has 408 valence electrons. The number of benzene rings is 4. The molecule has 6 N–H and O–H groups in total. The van der Waals surface area contributed by atoms with E-state index in [-0.39, 0.29) is 60.5 Å². The third kappa shape index (κ3) is 16.4. The highest BCUT2D eigenvalue weighted by atomic mass is 16.6. The zero-order chi connectivity index (χ0) is 56.2. The lowest BCUT2D eigenvalue weighted by Crippen LogP contribution is -2.64. The molecule has 0 saturated carbocycles. The maximum absolute atomic E-state index is 13.1. The molecule has 1 aliphatic heterocycles. The number of rotatable bonds is 28. The molecule has 18 nitrogen and oxygen atoms in total. The van der Waals surface area contributed by atoms with Gasteiger partial charge in [-0.25, -0.2) is 29.0 Å². The Balaban J connectivity index is 0.995. The van der Waals surface area contributed by atoms with Crippen LogP contribution >= 0.6 is 0 Å². The molecule has 0 radical (unpaired) electrons. The Morgan fingerprint density at radius 2 is 0.618 bits per heavy atom. The van der Waals surface area contributed by atoms with E-state index in [0.29, 0.717) is 73.6 Å². The Morgan fingerprint density at radius 1 is 0.395 bits per heavy atom. The predicted molar refractivity (Wildman–Crippen MR) is 282 cm³/mol. The minimum atomic E-state index is -1.58. The molecule has 0 bridgehead atoms. The van der Waals surface area contributed by atoms with Gasteiger partial charge in [-0.15, -0.1) is 0 Å². The maximum atomic E-state index is 13.1. The van der Waals surface area contributed by atoms with Crippen LogP contribution in [0.1, 0.15) is 183 Å². The molecule has 0 unspecified atom stereocenters. The summed E-state index contributed by atoms with van der Waals surface area (Å²) < 4.78 is 11.7. The zero-order valence-corrected chi connectivity index (χ0v) is 44.6. The Morgan fingerprint density at radius 3 is 0.842 bits per heavy atom. The van der Waals surface area contributed by atoms with Gasteiger partial charge in [0.25, 0.3) is 0 Å². The molecule has 0 aromatic heterocycles. The number of unbranched alkanes of at least 4 members (excludes halogenated alkanes) is 6. The second-order valence-electron chi connectivity index (χ2n) is 21.2. The predicted octanol–water partition coefficient (Wildman–Crippen LogP) is 8.81. The van der Waals surface area contributed by atoms with Crippen LogP contribution in [0.3, 0.4) is 0 Å². The number of alkyl carbamates (subject to hydrolysis) is 2. The van der Waals surface area contributed by atoms with Crippen LogP contribution in [0.4, 0.5) is 19.2 Å². The summed E-state index contributed by atoms with van der Waals surface area (Å²) in [5.74, 6) is -1.91. The van der Waals surface area contributed by atoms with Gasteiger partial charge in [0.1, 0.15) is 22.4 Å². The molecule has 0 atom stereocenters. The van der Waals surface area contributed by atoms with Crippen LogP contribution < -0.4 is 10.6 Å². The quantitative estimate of drug-likeness (QED) is 0.0229. The minimum Gasteiger partial charge on any atom is -0.436 e. The molecule has 0 spiro atoms. The number of urea groups is 2. The monoisotopic (exact) mass is 1050 g/mol. The number of Topliss-reactive ketones (excluding diaryl/α,β-unsaturated/α-hetero) is 4. The average Bonchev–Trinajstić information content (AvgIpc) is 3.37. The molecular weight excluding hydrogens is 977 g/mol. The number of nitrogens with zero attached hydrogens (tertiary/aromatic N) is 2. The van der Waals surface area contributed by atoms with Crippen LogP contribution in [0.25, 0.3) is 0 Å². The summed E-state index contributed by atoms with van der Waals surface area (Å²) in [6.07, 6.45) is 1.90. The Labute approximate surface area is 443 Å². The molecule has 18 heteroatoms. The minimum absolute atomic E-state index is 0.272. The van der Waals surface area contributed by atoms with Crippen LogP contribution in [-0.2, 0) is 9.47 Å². The number of carbonyl (C=O) groups excluding carboxylic acids is 8. The van der Waals surface area contributed by atoms with Gasteiger partial charge in [-0.1, -0.05) is 123 Å². The lowest BCUT2D eigenvalue weighted by molar-refractivity contribution is 0.0487. The highest BCUT2D eigenvalue weighted by Gasteiger charge is 2.42. The number of hydrogen-bond donors (Lipinski definition) is 6. The summed E-state index contributed by atoms with van der Waals surface area (Å²) in [6, 6.07) is 24.6. The van der Waals surface area contributed by atoms with Gasteiger partial charge in [0.05, 0.1) is 0 Å². The van der Waals surface area contributed by atoms with Crippen molar-refractivity contribution in [3.8, 4) is 0 Å². The molecule has 1 saturated heterocycles. The highest BCUT2D eigenvalue weighted by molar-refractivity contribution is 6.11. The third-order valence-corrected chi connectivity index (χ3v) is 12.7. The van der Waals surface area contributed by atoms with Gasteiger partial charge in [0, 0.05) is 48.4 Å². The lowest BCUT2D eigenvalue weighted by atomic mass is 9.92. The van der Waals surface area contributed by atoms with Crippen molar-refractivity contribution in [2.45, 2.75) is 141 Å². The van der Waals surface area contributed by atoms with E-state index in [1.54, 1.807) is 48.5 Å². The fourth-order valence-corrected chi connectivity index (χ4v) is 8.28. The van der Waals surface area contributed by atoms with Gasteiger partial charge in [0.2, 0.25) is 0 Å². The molecule has 76 heavy (non-hydrogen) atoms. The van der Waals surface area contributed by atoms with E-state index in [4.69, 9.17) is 9.47 Å². The van der Waals surface area contributed by atoms with E-state index in [1.165, 1.54) is 114 Å². The molecular formula is C58H72N4O14. The normalized spacial score (nSPS) is 13.1. The van der Waals surface area contributed by atoms with E-state index in [9.17, 15) is 58.8 Å². The van der Waals surface area contributed by atoms with Gasteiger partial charge in [0.15, 0.2) is 35.3 Å². The second kappa shape index (κ2) is 25.6. The van der Waals surface area contributed by atoms with Crippen LogP contribution in [0, 0.1) is 0 Å². The fourth-order valence-electron chi connectivity index (χ4n) is 8.28. The van der Waals surface area contributed by atoms with Gasteiger partial charge in [-0.3, -0.25) is 19.2 Å². The number of amides is 6. The van der Waals surface area contributed by atoms with E-state index in [2.05, 4.69) is 10.6 Å². The number of hydrogen-bond acceptors (Lipinski definition) is 14. The number of ketones is 4. The molecule has 5 rings (SSSR count). The molecule has 0 aliphatic carbocycles. The van der Waals surface area contributed by atoms with E-state index < -0.39 is 69.9 Å². The first-order chi connectivity index (χ1) is 35.6. The second-order valence-corrected chi connectivity index (χ2v) is 21.2. The van der Waals surface area contributed by atoms with Crippen molar-refractivity contribution in [3.63, 3.8) is 0 Å². The summed E-state index contributed by atoms with van der Waals surface area (Å²) in [5, 5.41) is 46.3. The molecule has 1 heterocycles. The number of ether oxygens (including phenoxy) is 2. The standard InChI is InChI=1S/C58H72N4O14/c1-55(2,71)47(63)41-25-17-37(18-26-41)45(38-19-27-42(28-20-38)48(64)56(3,4)72)75-51(67)59-33-13-9-11-15-35-61-53(69)62(54(61)70)36-16-12-10-14-34-60-52(68)76-46(39-21-29-43(30-22-39)49(65)57(5,6)73)40-23-31-44(32-24-40)50(66)58(7,8)74/h17-32,45-46,71-74H,9-16,33-36H2,1-8H3,(H,59,67)(H,60,68). The van der Waals surface area contributed by atoms with Crippen molar-refractivity contribution < 1.29 is 68.3 Å². The summed E-state index contributed by atoms with van der Waals surface area (Å²) in [7, 11) is 0. The Kier molecular flexibility index (Phi) is 20.1. The molecule has 4 aromatic carbocycles. The van der Waals surface area contributed by atoms with Crippen molar-refractivity contribution in [1.82, 2.24) is 20.4 Å². The highest BCUT2D eigenvalue weighted by Crippen LogP contribution is 2.31. The van der Waals surface area contributed by atoms with Gasteiger partial charge in [-0.2, -0.15) is 0 Å². The molecule has 1 aliphatic rings. The summed E-state index contributed by atoms with van der Waals surface area (Å²) in [5.41, 5.74) is -3.10. The number of carbonyl (C=O) groups is 8. The lowest BCUT2D eigenvalue weighted by Gasteiger charge is -2.39. The number of nitrogens with one attached hydrogen (secondary N) is 2. The van der Waals surface area contributed by atoms with Crippen LogP contribution in [0.5, 0.6) is 0 Å². The topological polar surface area (TPSA) is 266 Å². The number of aliphatic hydroxyl groups is 4. The van der Waals surface area contributed by atoms with Gasteiger partial charge >= 0.3 is 24.2 Å². The Hall–Kier alpha value is -7.12. The van der Waals surface area contributed by atoms with E-state index in [1.807, 2.05) is 0 Å². The van der Waals surface area contributed by atoms with Gasteiger partial charge < -0.3 is 40.5 Å². The molecule has 6 amide bonds. The number of imide groups is 2. The first kappa shape index (κ1) is 59.8. The average molecular weight is 1050 g/mol. The summed E-state index contributed by atoms with van der Waals surface area (Å²) in [4.78, 5) is 105. The smallest absolute Gasteiger partial charge is 0.408 e. The summed E-state index contributed by atoms with van der Waals surface area (Å²) in [6.45, 7) is 12.3. The van der Waals surface area contributed by atoms with E-state index in [0.717, 1.165) is 0 Å². The van der Waals surface area contributed by atoms with Crippen molar-refractivity contribution in [3.05, 3.63) is 142 Å². The van der Waals surface area contributed by atoms with Crippen molar-refractivity contribution in [1.29, 1.82) is 0 Å². The summed E-state index contributed by atoms with van der Waals surface area (Å²) >= 11 is 0. The third-order valence-electron chi connectivity index (χ3n) is 12.7. The zero-order valence-electron chi connectivity index (χ0n) is 44.6. The van der Waals surface area contributed by atoms with Crippen LogP contribution in [0.15, 0.2) is 97.1 Å². The SMILES string of the molecule is CC(C)(O)C(=O)c1ccc(C(OC(=O)NCCCCCCN2C(=O)N(CCCCCCNC(=O)OC(c3ccc(C(=O)C(C)(C)O)cc3)c3ccc(C(=O)C(C)(C)O)cc3)C2=O)c2ccc(C(=O)C(C)(C)O)cc2)cc1. The van der Waals surface area contributed by atoms with Gasteiger partial charge in [-0.05, 0) is 103 Å². The Bertz CT molecular complexity index is 2350. The van der Waals surface area contributed by atoms with Crippen LogP contribution in [-0.4, -0.2) is 126 Å². The fraction of sp³-hybridized carbons (Fsp3) is 0.448. The van der Waals surface area contributed by atoms with Crippen molar-refractivity contribution in [2.75, 3.05) is 26.2 Å². The largest absolute Gasteiger partial charge is 0.436 e. The van der Waals surface area contributed by atoms with E-state index >= 15 is 0 Å². The first-order valence-electron chi connectivity index (χ1n) is 25.6. The van der Waals surface area contributed by atoms with Crippen LogP contribution in [0.2, 0.25) is 0 Å². The first-order valence-corrected chi connectivity index (χ1v) is 25.6. The molecule has 1 fully saturated rings. The van der Waals surface area contributed by atoms with Crippen molar-refractivity contribution >= 4 is 47.4 Å².